The average Bonchev–Trinajstić information content (AvgIpc) is 2.19. The Balaban J connectivity index is 2.48. The predicted octanol–water partition coefficient (Wildman–Crippen LogP) is 3.77. The standard InChI is InChI=1S/C12H17NS/c1-4-7-10(2)11(3)14-12-8-5-6-9-13-12/h4-6,8-11H,1,7H2,2-3H3. The van der Waals surface area contributed by atoms with E-state index in [1.54, 1.807) is 0 Å². The van der Waals surface area contributed by atoms with Crippen LogP contribution < -0.4 is 0 Å². The largest absolute Gasteiger partial charge is 0.250 e. The summed E-state index contributed by atoms with van der Waals surface area (Å²) in [5.74, 6) is 0.652. The molecule has 0 aromatic carbocycles. The SMILES string of the molecule is C=CCC(C)C(C)Sc1ccccn1. The molecule has 0 spiro atoms. The first-order valence-electron chi connectivity index (χ1n) is 4.92. The van der Waals surface area contributed by atoms with Crippen LogP contribution in [0.15, 0.2) is 42.1 Å². The summed E-state index contributed by atoms with van der Waals surface area (Å²) in [6.07, 6.45) is 4.90. The molecular weight excluding hydrogens is 190 g/mol. The Bertz CT molecular complexity index is 271. The Kier molecular flexibility index (Phi) is 4.74. The number of thioether (sulfide) groups is 1. The molecule has 1 nitrogen and oxygen atoms in total. The molecule has 0 radical (unpaired) electrons. The van der Waals surface area contributed by atoms with E-state index >= 15 is 0 Å². The van der Waals surface area contributed by atoms with Crippen molar-refractivity contribution in [2.45, 2.75) is 30.5 Å². The van der Waals surface area contributed by atoms with Crippen LogP contribution in [0.5, 0.6) is 0 Å². The van der Waals surface area contributed by atoms with Crippen LogP contribution in [0.4, 0.5) is 0 Å². The molecule has 1 rings (SSSR count). The van der Waals surface area contributed by atoms with Crippen LogP contribution in [-0.4, -0.2) is 10.2 Å². The number of allylic oxidation sites excluding steroid dienone is 1. The number of aromatic nitrogens is 1. The van der Waals surface area contributed by atoms with E-state index in [2.05, 4.69) is 31.5 Å². The minimum Gasteiger partial charge on any atom is -0.250 e. The highest BCUT2D eigenvalue weighted by molar-refractivity contribution is 7.99. The molecule has 0 bridgehead atoms. The molecule has 0 saturated heterocycles. The lowest BCUT2D eigenvalue weighted by molar-refractivity contribution is 0.586. The van der Waals surface area contributed by atoms with Crippen LogP contribution in [0.2, 0.25) is 0 Å². The van der Waals surface area contributed by atoms with Gasteiger partial charge in [-0.1, -0.05) is 26.0 Å². The van der Waals surface area contributed by atoms with E-state index in [-0.39, 0.29) is 0 Å². The topological polar surface area (TPSA) is 12.9 Å². The lowest BCUT2D eigenvalue weighted by Crippen LogP contribution is -2.09. The summed E-state index contributed by atoms with van der Waals surface area (Å²) < 4.78 is 0. The Morgan fingerprint density at radius 3 is 2.86 bits per heavy atom. The van der Waals surface area contributed by atoms with Gasteiger partial charge in [0.1, 0.15) is 0 Å². The van der Waals surface area contributed by atoms with Gasteiger partial charge in [-0.15, -0.1) is 18.3 Å². The maximum Gasteiger partial charge on any atom is 0.0962 e. The summed E-state index contributed by atoms with van der Waals surface area (Å²) in [4.78, 5) is 4.30. The van der Waals surface area contributed by atoms with E-state index in [0.717, 1.165) is 11.4 Å². The van der Waals surface area contributed by atoms with Crippen LogP contribution in [-0.2, 0) is 0 Å². The molecule has 0 aliphatic heterocycles. The number of nitrogens with zero attached hydrogens (tertiary/aromatic N) is 1. The summed E-state index contributed by atoms with van der Waals surface area (Å²) >= 11 is 1.83. The summed E-state index contributed by atoms with van der Waals surface area (Å²) in [7, 11) is 0. The van der Waals surface area contributed by atoms with Crippen molar-refractivity contribution in [3.8, 4) is 0 Å². The van der Waals surface area contributed by atoms with E-state index in [1.165, 1.54) is 0 Å². The molecule has 2 unspecified atom stereocenters. The molecular formula is C12H17NS. The number of hydrogen-bond acceptors (Lipinski definition) is 2. The van der Waals surface area contributed by atoms with Crippen molar-refractivity contribution in [1.29, 1.82) is 0 Å². The van der Waals surface area contributed by atoms with Gasteiger partial charge in [0.25, 0.3) is 0 Å². The van der Waals surface area contributed by atoms with Crippen LogP contribution in [0, 0.1) is 5.92 Å². The first-order valence-corrected chi connectivity index (χ1v) is 5.80. The molecule has 76 valence electrons. The third-order valence-corrected chi connectivity index (χ3v) is 3.60. The Morgan fingerprint density at radius 1 is 1.50 bits per heavy atom. The fraction of sp³-hybridized carbons (Fsp3) is 0.417. The monoisotopic (exact) mass is 207 g/mol. The predicted molar refractivity (Wildman–Crippen MR) is 63.5 cm³/mol. The van der Waals surface area contributed by atoms with E-state index in [0.29, 0.717) is 11.2 Å². The van der Waals surface area contributed by atoms with Crippen LogP contribution in [0.3, 0.4) is 0 Å². The van der Waals surface area contributed by atoms with Gasteiger partial charge >= 0.3 is 0 Å². The minimum atomic E-state index is 0.586. The average molecular weight is 207 g/mol. The molecule has 0 N–H and O–H groups in total. The molecule has 1 aromatic rings. The van der Waals surface area contributed by atoms with Gasteiger partial charge in [-0.05, 0) is 24.5 Å². The molecule has 0 fully saturated rings. The summed E-state index contributed by atoms with van der Waals surface area (Å²) in [6.45, 7) is 8.26. The first-order chi connectivity index (χ1) is 6.74. The van der Waals surface area contributed by atoms with Crippen molar-refractivity contribution in [2.75, 3.05) is 0 Å². The van der Waals surface area contributed by atoms with E-state index in [9.17, 15) is 0 Å². The van der Waals surface area contributed by atoms with Crippen LogP contribution in [0.25, 0.3) is 0 Å². The molecule has 2 heteroatoms. The molecule has 1 aromatic heterocycles. The Hall–Kier alpha value is -0.760. The molecule has 0 aliphatic carbocycles. The van der Waals surface area contributed by atoms with Crippen molar-refractivity contribution >= 4 is 11.8 Å². The molecule has 0 amide bonds. The number of pyridine rings is 1. The highest BCUT2D eigenvalue weighted by atomic mass is 32.2. The summed E-state index contributed by atoms with van der Waals surface area (Å²) in [6, 6.07) is 6.03. The fourth-order valence-electron chi connectivity index (χ4n) is 1.18. The zero-order chi connectivity index (χ0) is 10.4. The van der Waals surface area contributed by atoms with Crippen molar-refractivity contribution in [3.05, 3.63) is 37.1 Å². The highest BCUT2D eigenvalue weighted by Gasteiger charge is 2.12. The van der Waals surface area contributed by atoms with Gasteiger partial charge in [0.15, 0.2) is 0 Å². The van der Waals surface area contributed by atoms with Gasteiger partial charge in [0, 0.05) is 11.4 Å². The van der Waals surface area contributed by atoms with Gasteiger partial charge in [0.05, 0.1) is 5.03 Å². The van der Waals surface area contributed by atoms with Crippen molar-refractivity contribution < 1.29 is 0 Å². The van der Waals surface area contributed by atoms with Gasteiger partial charge in [0.2, 0.25) is 0 Å². The van der Waals surface area contributed by atoms with E-state index in [1.807, 2.05) is 36.2 Å². The Morgan fingerprint density at radius 2 is 2.29 bits per heavy atom. The molecule has 2 atom stereocenters. The lowest BCUT2D eigenvalue weighted by Gasteiger charge is -2.17. The quantitative estimate of drug-likeness (QED) is 0.538. The summed E-state index contributed by atoms with van der Waals surface area (Å²) in [5.41, 5.74) is 0. The second kappa shape index (κ2) is 5.86. The third kappa shape index (κ3) is 3.54. The van der Waals surface area contributed by atoms with Crippen LogP contribution in [0.1, 0.15) is 20.3 Å². The minimum absolute atomic E-state index is 0.586. The Labute approximate surface area is 90.6 Å². The van der Waals surface area contributed by atoms with Gasteiger partial charge < -0.3 is 0 Å². The van der Waals surface area contributed by atoms with Gasteiger partial charge in [-0.2, -0.15) is 0 Å². The maximum atomic E-state index is 4.30. The smallest absolute Gasteiger partial charge is 0.0962 e. The van der Waals surface area contributed by atoms with E-state index in [4.69, 9.17) is 0 Å². The zero-order valence-corrected chi connectivity index (χ0v) is 9.63. The van der Waals surface area contributed by atoms with Gasteiger partial charge in [-0.3, -0.25) is 0 Å². The first kappa shape index (κ1) is 11.3. The van der Waals surface area contributed by atoms with Crippen molar-refractivity contribution in [1.82, 2.24) is 4.98 Å². The van der Waals surface area contributed by atoms with Crippen molar-refractivity contribution in [2.24, 2.45) is 5.92 Å². The lowest BCUT2D eigenvalue weighted by atomic mass is 10.1. The third-order valence-electron chi connectivity index (χ3n) is 2.28. The fourth-order valence-corrected chi connectivity index (χ4v) is 2.18. The molecule has 14 heavy (non-hydrogen) atoms. The van der Waals surface area contributed by atoms with E-state index < -0.39 is 0 Å². The van der Waals surface area contributed by atoms with Crippen molar-refractivity contribution in [3.63, 3.8) is 0 Å². The molecule has 0 aliphatic rings. The molecule has 0 saturated carbocycles. The molecule has 1 heterocycles. The second-order valence-corrected chi connectivity index (χ2v) is 4.89. The maximum absolute atomic E-state index is 4.30. The zero-order valence-electron chi connectivity index (χ0n) is 8.81. The summed E-state index contributed by atoms with van der Waals surface area (Å²) in [5, 5.41) is 1.69. The normalized spacial score (nSPS) is 14.7. The number of hydrogen-bond donors (Lipinski definition) is 0. The highest BCUT2D eigenvalue weighted by Crippen LogP contribution is 2.27. The number of rotatable bonds is 5. The second-order valence-electron chi connectivity index (χ2n) is 3.49. The van der Waals surface area contributed by atoms with Gasteiger partial charge in [-0.25, -0.2) is 4.98 Å². The van der Waals surface area contributed by atoms with Crippen LogP contribution >= 0.6 is 11.8 Å².